The zero-order valence-corrected chi connectivity index (χ0v) is 22.6. The summed E-state index contributed by atoms with van der Waals surface area (Å²) in [5, 5.41) is 16.0. The average Bonchev–Trinajstić information content (AvgIpc) is 2.84. The molecule has 10 heteroatoms. The number of phenolic OH excluding ortho intramolecular Hbond substituents is 1. The molecule has 2 aromatic rings. The number of ether oxygens (including phenoxy) is 1. The van der Waals surface area contributed by atoms with Crippen molar-refractivity contribution in [3.63, 3.8) is 0 Å². The molecule has 4 amide bonds. The van der Waals surface area contributed by atoms with E-state index in [0.717, 1.165) is 5.56 Å². The van der Waals surface area contributed by atoms with Crippen molar-refractivity contribution in [2.45, 2.75) is 77.7 Å². The van der Waals surface area contributed by atoms with Crippen molar-refractivity contribution in [2.24, 2.45) is 5.73 Å². The number of primary amides is 1. The van der Waals surface area contributed by atoms with Gasteiger partial charge in [0.1, 0.15) is 23.4 Å². The molecular weight excluding hydrogens is 488 g/mol. The summed E-state index contributed by atoms with van der Waals surface area (Å²) in [4.78, 5) is 53.3. The Bertz CT molecular complexity index is 1120. The summed E-state index contributed by atoms with van der Waals surface area (Å²) in [5.74, 6) is -2.26. The molecule has 38 heavy (non-hydrogen) atoms. The molecule has 0 saturated carbocycles. The van der Waals surface area contributed by atoms with Gasteiger partial charge in [0, 0.05) is 18.2 Å². The Morgan fingerprint density at radius 3 is 2.18 bits per heavy atom. The minimum Gasteiger partial charge on any atom is -0.508 e. The molecule has 0 spiro atoms. The molecule has 0 aliphatic carbocycles. The van der Waals surface area contributed by atoms with Gasteiger partial charge in [0.25, 0.3) is 0 Å². The third-order valence-electron chi connectivity index (χ3n) is 5.78. The van der Waals surface area contributed by atoms with E-state index in [9.17, 15) is 24.3 Å². The van der Waals surface area contributed by atoms with Crippen molar-refractivity contribution in [3.05, 3.63) is 65.7 Å². The van der Waals surface area contributed by atoms with E-state index in [0.29, 0.717) is 6.42 Å². The molecule has 2 aromatic carbocycles. The van der Waals surface area contributed by atoms with Crippen molar-refractivity contribution in [1.82, 2.24) is 15.5 Å². The molecule has 0 fully saturated rings. The largest absolute Gasteiger partial charge is 0.508 e. The predicted molar refractivity (Wildman–Crippen MR) is 143 cm³/mol. The summed E-state index contributed by atoms with van der Waals surface area (Å²) in [7, 11) is 0. The molecule has 3 unspecified atom stereocenters. The van der Waals surface area contributed by atoms with E-state index in [-0.39, 0.29) is 17.9 Å². The number of phenols is 1. The summed E-state index contributed by atoms with van der Waals surface area (Å²) in [5.41, 5.74) is 5.59. The first kappa shape index (κ1) is 30.1. The number of amides is 4. The van der Waals surface area contributed by atoms with Crippen LogP contribution in [0.25, 0.3) is 0 Å². The number of carbonyl (C=O) groups is 4. The molecule has 0 radical (unpaired) electrons. The van der Waals surface area contributed by atoms with E-state index < -0.39 is 54.0 Å². The van der Waals surface area contributed by atoms with E-state index in [1.54, 1.807) is 45.9 Å². The van der Waals surface area contributed by atoms with E-state index in [4.69, 9.17) is 10.5 Å². The van der Waals surface area contributed by atoms with Crippen molar-refractivity contribution in [2.75, 3.05) is 0 Å². The molecule has 206 valence electrons. The molecule has 5 N–H and O–H groups in total. The zero-order valence-electron chi connectivity index (χ0n) is 22.6. The highest BCUT2D eigenvalue weighted by Gasteiger charge is 2.40. The Hall–Kier alpha value is -4.08. The molecular formula is C28H38N4O6. The van der Waals surface area contributed by atoms with Crippen LogP contribution in [0.1, 0.15) is 64.6 Å². The predicted octanol–water partition coefficient (Wildman–Crippen LogP) is 3.15. The second-order valence-electron chi connectivity index (χ2n) is 10.0. The van der Waals surface area contributed by atoms with Crippen LogP contribution < -0.4 is 16.4 Å². The standard InChI is InChI=1S/C28H38N4O6/c1-6-18(2)32(26(36)21(16-23(29)34)31-27(37)38-28(3,4)5)24(20-14-10-11-15-22(20)33)25(35)30-17-19-12-8-7-9-13-19/h7-15,18,21,24,33H,6,16-17H2,1-5H3,(H2,29,34)(H,30,35)(H,31,37). The van der Waals surface area contributed by atoms with Gasteiger partial charge in [-0.1, -0.05) is 55.5 Å². The lowest BCUT2D eigenvalue weighted by molar-refractivity contribution is -0.146. The Morgan fingerprint density at radius 2 is 1.63 bits per heavy atom. The first-order valence-electron chi connectivity index (χ1n) is 12.5. The van der Waals surface area contributed by atoms with Crippen LogP contribution in [-0.2, 0) is 25.7 Å². The second kappa shape index (κ2) is 13.5. The fourth-order valence-electron chi connectivity index (χ4n) is 3.84. The van der Waals surface area contributed by atoms with Crippen LogP contribution >= 0.6 is 0 Å². The van der Waals surface area contributed by atoms with Crippen LogP contribution in [-0.4, -0.2) is 51.5 Å². The Morgan fingerprint density at radius 1 is 1.03 bits per heavy atom. The number of alkyl carbamates (subject to hydrolysis) is 1. The van der Waals surface area contributed by atoms with Crippen LogP contribution in [0.2, 0.25) is 0 Å². The summed E-state index contributed by atoms with van der Waals surface area (Å²) >= 11 is 0. The highest BCUT2D eigenvalue weighted by atomic mass is 16.6. The van der Waals surface area contributed by atoms with Crippen LogP contribution in [0.3, 0.4) is 0 Å². The summed E-state index contributed by atoms with van der Waals surface area (Å²) in [6, 6.07) is 12.3. The van der Waals surface area contributed by atoms with Gasteiger partial charge in [0.05, 0.1) is 6.42 Å². The number of para-hydroxylation sites is 1. The molecule has 3 atom stereocenters. The van der Waals surface area contributed by atoms with Crippen LogP contribution in [0.5, 0.6) is 5.75 Å². The van der Waals surface area contributed by atoms with Crippen LogP contribution in [0.4, 0.5) is 4.79 Å². The molecule has 0 aliphatic rings. The number of rotatable bonds is 11. The van der Waals surface area contributed by atoms with Crippen molar-refractivity contribution >= 4 is 23.8 Å². The number of nitrogens with zero attached hydrogens (tertiary/aromatic N) is 1. The van der Waals surface area contributed by atoms with E-state index in [1.807, 2.05) is 37.3 Å². The van der Waals surface area contributed by atoms with Crippen molar-refractivity contribution in [1.29, 1.82) is 0 Å². The first-order valence-corrected chi connectivity index (χ1v) is 12.5. The summed E-state index contributed by atoms with van der Waals surface area (Å²) < 4.78 is 5.27. The van der Waals surface area contributed by atoms with Gasteiger partial charge in [-0.05, 0) is 45.7 Å². The number of nitrogens with one attached hydrogen (secondary N) is 2. The zero-order chi connectivity index (χ0) is 28.5. The molecule has 0 saturated heterocycles. The maximum absolute atomic E-state index is 14.0. The lowest BCUT2D eigenvalue weighted by Gasteiger charge is -2.38. The molecule has 10 nitrogen and oxygen atoms in total. The minimum atomic E-state index is -1.40. The monoisotopic (exact) mass is 526 g/mol. The van der Waals surface area contributed by atoms with Gasteiger partial charge in [0.2, 0.25) is 17.7 Å². The van der Waals surface area contributed by atoms with Gasteiger partial charge in [-0.15, -0.1) is 0 Å². The fraction of sp³-hybridized carbons (Fsp3) is 0.429. The minimum absolute atomic E-state index is 0.181. The Balaban J connectivity index is 2.51. The SMILES string of the molecule is CCC(C)N(C(=O)C(CC(N)=O)NC(=O)OC(C)(C)C)C(C(=O)NCc1ccccc1)c1ccccc1O. The van der Waals surface area contributed by atoms with Gasteiger partial charge in [0.15, 0.2) is 0 Å². The van der Waals surface area contributed by atoms with E-state index in [2.05, 4.69) is 10.6 Å². The number of carbonyl (C=O) groups excluding carboxylic acids is 4. The Kier molecular flexibility index (Phi) is 10.7. The van der Waals surface area contributed by atoms with Crippen LogP contribution in [0.15, 0.2) is 54.6 Å². The third-order valence-corrected chi connectivity index (χ3v) is 5.78. The summed E-state index contributed by atoms with van der Waals surface area (Å²) in [6.07, 6.45) is -0.976. The quantitative estimate of drug-likeness (QED) is 0.353. The number of hydrogen-bond acceptors (Lipinski definition) is 6. The normalized spacial score (nSPS) is 13.5. The van der Waals surface area contributed by atoms with Gasteiger partial charge in [-0.3, -0.25) is 14.4 Å². The molecule has 0 bridgehead atoms. The molecule has 0 aliphatic heterocycles. The number of nitrogens with two attached hydrogens (primary N) is 1. The molecule has 0 heterocycles. The maximum Gasteiger partial charge on any atom is 0.408 e. The van der Waals surface area contributed by atoms with Gasteiger partial charge in [-0.25, -0.2) is 4.79 Å². The maximum atomic E-state index is 14.0. The van der Waals surface area contributed by atoms with E-state index >= 15 is 0 Å². The van der Waals surface area contributed by atoms with Crippen molar-refractivity contribution < 1.29 is 29.0 Å². The third kappa shape index (κ3) is 8.79. The van der Waals surface area contributed by atoms with Gasteiger partial charge in [-0.2, -0.15) is 0 Å². The first-order chi connectivity index (χ1) is 17.8. The summed E-state index contributed by atoms with van der Waals surface area (Å²) in [6.45, 7) is 8.74. The highest BCUT2D eigenvalue weighted by Crippen LogP contribution is 2.32. The fourth-order valence-corrected chi connectivity index (χ4v) is 3.84. The molecule has 0 aromatic heterocycles. The number of hydrogen-bond donors (Lipinski definition) is 4. The van der Waals surface area contributed by atoms with E-state index in [1.165, 1.54) is 11.0 Å². The smallest absolute Gasteiger partial charge is 0.408 e. The van der Waals surface area contributed by atoms with Crippen LogP contribution in [0, 0.1) is 0 Å². The lowest BCUT2D eigenvalue weighted by atomic mass is 9.98. The van der Waals surface area contributed by atoms with Gasteiger partial charge < -0.3 is 31.1 Å². The number of aromatic hydroxyl groups is 1. The van der Waals surface area contributed by atoms with Crippen molar-refractivity contribution in [3.8, 4) is 5.75 Å². The average molecular weight is 527 g/mol. The Labute approximate surface area is 223 Å². The number of benzene rings is 2. The lowest BCUT2D eigenvalue weighted by Crippen LogP contribution is -2.56. The highest BCUT2D eigenvalue weighted by molar-refractivity contribution is 5.95. The second-order valence-corrected chi connectivity index (χ2v) is 10.0. The topological polar surface area (TPSA) is 151 Å². The van der Waals surface area contributed by atoms with Gasteiger partial charge >= 0.3 is 6.09 Å². The molecule has 2 rings (SSSR count).